The van der Waals surface area contributed by atoms with E-state index in [0.29, 0.717) is 0 Å². The van der Waals surface area contributed by atoms with Gasteiger partial charge in [-0.3, -0.25) is 0 Å². The van der Waals surface area contributed by atoms with Gasteiger partial charge >= 0.3 is 0 Å². The zero-order valence-corrected chi connectivity index (χ0v) is 35.7. The third kappa shape index (κ3) is 4.97. The van der Waals surface area contributed by atoms with Crippen molar-refractivity contribution in [3.8, 4) is 44.5 Å². The van der Waals surface area contributed by atoms with Gasteiger partial charge in [-0.1, -0.05) is 210 Å². The molecule has 3 aliphatic rings. The zero-order chi connectivity index (χ0) is 41.8. The van der Waals surface area contributed by atoms with Gasteiger partial charge in [0.25, 0.3) is 0 Å². The second-order valence-electron chi connectivity index (χ2n) is 18.4. The summed E-state index contributed by atoms with van der Waals surface area (Å²) in [5, 5.41) is 0. The lowest BCUT2D eigenvalue weighted by atomic mass is 9.55. The van der Waals surface area contributed by atoms with Crippen LogP contribution in [0.5, 0.6) is 0 Å². The fraction of sp³-hybridized carbons (Fsp3) is 0.115. The molecule has 3 aliphatic carbocycles. The molecule has 0 fully saturated rings. The lowest BCUT2D eigenvalue weighted by Crippen LogP contribution is -2.40. The highest BCUT2D eigenvalue weighted by atomic mass is 15.1. The highest BCUT2D eigenvalue weighted by Crippen LogP contribution is 2.64. The van der Waals surface area contributed by atoms with E-state index < -0.39 is 5.41 Å². The highest BCUT2D eigenvalue weighted by Gasteiger charge is 2.54. The summed E-state index contributed by atoms with van der Waals surface area (Å²) in [6, 6.07) is 79.7. The highest BCUT2D eigenvalue weighted by molar-refractivity contribution is 6.00. The molecule has 0 saturated heterocycles. The molecule has 12 rings (SSSR count). The summed E-state index contributed by atoms with van der Waals surface area (Å²) in [6.07, 6.45) is 0. The van der Waals surface area contributed by atoms with Crippen LogP contribution in [0.3, 0.4) is 0 Å². The fourth-order valence-corrected chi connectivity index (χ4v) is 11.7. The molecule has 0 aromatic heterocycles. The average molecular weight is 794 g/mol. The summed E-state index contributed by atoms with van der Waals surface area (Å²) in [7, 11) is 0. The zero-order valence-electron chi connectivity index (χ0n) is 35.7. The van der Waals surface area contributed by atoms with Crippen molar-refractivity contribution in [1.82, 2.24) is 0 Å². The Morgan fingerprint density at radius 3 is 1.45 bits per heavy atom. The molecular formula is C61H47N. The standard InChI is InChI=1S/C61H47N/c1-59(2)49-27-14-16-29-51(49)61(52-30-17-15-28-50(52)59)48-26-13-11-25-47(48)58-53(61)31-19-33-57(58)62(56-32-18-12-24-44(56)41-22-9-6-10-23-41)43-35-37-46-45-36-34-42(40-20-7-5-8-21-40)38-54(45)60(3,4)55(46)39-43/h5-39H,1-4H3. The number of anilines is 3. The monoisotopic (exact) mass is 793 g/mol. The summed E-state index contributed by atoms with van der Waals surface area (Å²) in [4.78, 5) is 2.57. The van der Waals surface area contributed by atoms with Crippen LogP contribution in [-0.4, -0.2) is 0 Å². The molecule has 9 aromatic carbocycles. The molecule has 0 N–H and O–H groups in total. The van der Waals surface area contributed by atoms with Gasteiger partial charge in [-0.15, -0.1) is 0 Å². The van der Waals surface area contributed by atoms with E-state index in [4.69, 9.17) is 0 Å². The Bertz CT molecular complexity index is 3190. The third-order valence-electron chi connectivity index (χ3n) is 14.6. The minimum absolute atomic E-state index is 0.162. The van der Waals surface area contributed by atoms with Crippen LogP contribution < -0.4 is 4.90 Å². The van der Waals surface area contributed by atoms with E-state index in [-0.39, 0.29) is 10.8 Å². The van der Waals surface area contributed by atoms with Crippen LogP contribution in [0.15, 0.2) is 212 Å². The van der Waals surface area contributed by atoms with E-state index in [9.17, 15) is 0 Å². The fourth-order valence-electron chi connectivity index (χ4n) is 11.7. The molecule has 0 unspecified atom stereocenters. The molecule has 0 heterocycles. The Kier molecular flexibility index (Phi) is 7.91. The predicted molar refractivity (Wildman–Crippen MR) is 259 cm³/mol. The van der Waals surface area contributed by atoms with Crippen LogP contribution in [0.4, 0.5) is 17.1 Å². The molecule has 1 heteroatoms. The SMILES string of the molecule is CC1(C)c2cc(-c3ccccc3)ccc2-c2ccc(N(c3ccccc3-c3ccccc3)c3cccc4c3-c3ccccc3C43c4ccccc4C(C)(C)c4ccccc43)cc21. The van der Waals surface area contributed by atoms with Crippen LogP contribution in [0.25, 0.3) is 44.5 Å². The Labute approximate surface area is 365 Å². The maximum atomic E-state index is 2.57. The predicted octanol–water partition coefficient (Wildman–Crippen LogP) is 15.8. The van der Waals surface area contributed by atoms with Crippen molar-refractivity contribution in [1.29, 1.82) is 0 Å². The molecule has 0 amide bonds. The second-order valence-corrected chi connectivity index (χ2v) is 18.4. The Morgan fingerprint density at radius 1 is 0.290 bits per heavy atom. The first-order chi connectivity index (χ1) is 30.3. The minimum atomic E-state index is -0.493. The van der Waals surface area contributed by atoms with Crippen molar-refractivity contribution >= 4 is 17.1 Å². The van der Waals surface area contributed by atoms with Crippen molar-refractivity contribution < 1.29 is 0 Å². The lowest BCUT2D eigenvalue weighted by molar-refractivity contribution is 0.563. The largest absolute Gasteiger partial charge is 0.309 e. The van der Waals surface area contributed by atoms with E-state index >= 15 is 0 Å². The molecular weight excluding hydrogens is 747 g/mol. The van der Waals surface area contributed by atoms with Gasteiger partial charge < -0.3 is 4.90 Å². The van der Waals surface area contributed by atoms with Gasteiger partial charge in [0.15, 0.2) is 0 Å². The molecule has 0 saturated carbocycles. The first-order valence-corrected chi connectivity index (χ1v) is 22.0. The first-order valence-electron chi connectivity index (χ1n) is 22.0. The van der Waals surface area contributed by atoms with Gasteiger partial charge in [0.2, 0.25) is 0 Å². The molecule has 0 radical (unpaired) electrons. The summed E-state index contributed by atoms with van der Waals surface area (Å²) in [5.74, 6) is 0. The van der Waals surface area contributed by atoms with E-state index in [1.807, 2.05) is 0 Å². The van der Waals surface area contributed by atoms with Crippen LogP contribution in [0.1, 0.15) is 72.2 Å². The van der Waals surface area contributed by atoms with E-state index in [2.05, 4.69) is 245 Å². The summed E-state index contributed by atoms with van der Waals surface area (Å²) < 4.78 is 0. The van der Waals surface area contributed by atoms with Crippen LogP contribution in [0.2, 0.25) is 0 Å². The lowest BCUT2D eigenvalue weighted by Gasteiger charge is -2.46. The third-order valence-corrected chi connectivity index (χ3v) is 14.6. The molecule has 1 spiro atoms. The van der Waals surface area contributed by atoms with Crippen LogP contribution in [0, 0.1) is 0 Å². The molecule has 0 aliphatic heterocycles. The van der Waals surface area contributed by atoms with E-state index in [1.54, 1.807) is 0 Å². The minimum Gasteiger partial charge on any atom is -0.309 e. The maximum absolute atomic E-state index is 2.57. The van der Waals surface area contributed by atoms with Gasteiger partial charge in [-0.05, 0) is 108 Å². The molecule has 0 bridgehead atoms. The molecule has 0 atom stereocenters. The normalized spacial score (nSPS) is 15.2. The van der Waals surface area contributed by atoms with Crippen LogP contribution >= 0.6 is 0 Å². The van der Waals surface area contributed by atoms with Crippen molar-refractivity contribution in [3.05, 3.63) is 257 Å². The number of fused-ring (bicyclic) bond motifs is 12. The molecule has 9 aromatic rings. The van der Waals surface area contributed by atoms with Crippen LogP contribution in [-0.2, 0) is 16.2 Å². The average Bonchev–Trinajstić information content (AvgIpc) is 3.75. The van der Waals surface area contributed by atoms with Crippen molar-refractivity contribution in [2.75, 3.05) is 4.90 Å². The molecule has 1 nitrogen and oxygen atoms in total. The van der Waals surface area contributed by atoms with Gasteiger partial charge in [-0.2, -0.15) is 0 Å². The smallest absolute Gasteiger partial charge is 0.0720 e. The Balaban J connectivity index is 1.13. The number of hydrogen-bond acceptors (Lipinski definition) is 1. The quantitative estimate of drug-likeness (QED) is 0.168. The van der Waals surface area contributed by atoms with Crippen molar-refractivity contribution in [3.63, 3.8) is 0 Å². The van der Waals surface area contributed by atoms with Crippen molar-refractivity contribution in [2.45, 2.75) is 43.9 Å². The number of nitrogens with zero attached hydrogens (tertiary/aromatic N) is 1. The van der Waals surface area contributed by atoms with E-state index in [1.165, 1.54) is 94.7 Å². The molecule has 296 valence electrons. The van der Waals surface area contributed by atoms with E-state index in [0.717, 1.165) is 11.4 Å². The summed E-state index contributed by atoms with van der Waals surface area (Å²) in [5.41, 5.74) is 23.6. The number of para-hydroxylation sites is 1. The maximum Gasteiger partial charge on any atom is 0.0720 e. The van der Waals surface area contributed by atoms with Crippen molar-refractivity contribution in [2.24, 2.45) is 0 Å². The number of benzene rings is 9. The number of rotatable bonds is 5. The number of hydrogen-bond donors (Lipinski definition) is 0. The Hall–Kier alpha value is -7.22. The topological polar surface area (TPSA) is 3.24 Å². The summed E-state index contributed by atoms with van der Waals surface area (Å²) >= 11 is 0. The first kappa shape index (κ1) is 36.6. The van der Waals surface area contributed by atoms with Gasteiger partial charge in [-0.25, -0.2) is 0 Å². The van der Waals surface area contributed by atoms with Gasteiger partial charge in [0.05, 0.1) is 16.8 Å². The summed E-state index contributed by atoms with van der Waals surface area (Å²) in [6.45, 7) is 9.60. The molecule has 62 heavy (non-hydrogen) atoms. The second kappa shape index (κ2) is 13.4. The van der Waals surface area contributed by atoms with Gasteiger partial charge in [0, 0.05) is 27.6 Å². The Morgan fingerprint density at radius 2 is 0.774 bits per heavy atom. The van der Waals surface area contributed by atoms with Gasteiger partial charge in [0.1, 0.15) is 0 Å².